The molecule has 3 rings (SSSR count). The minimum absolute atomic E-state index is 0.0910. The van der Waals surface area contributed by atoms with Crippen LogP contribution in [0.3, 0.4) is 0 Å². The molecule has 1 spiro atoms. The van der Waals surface area contributed by atoms with Gasteiger partial charge in [-0.15, -0.1) is 10.2 Å². The number of aromatic nitrogens is 2. The monoisotopic (exact) mass is 351 g/mol. The van der Waals surface area contributed by atoms with Crippen molar-refractivity contribution >= 4 is 17.7 Å². The average Bonchev–Trinajstić information content (AvgIpc) is 3.22. The highest BCUT2D eigenvalue weighted by Gasteiger charge is 2.59. The van der Waals surface area contributed by atoms with Gasteiger partial charge in [0, 0.05) is 13.5 Å². The van der Waals surface area contributed by atoms with Gasteiger partial charge in [0.05, 0.1) is 19.2 Å². The third kappa shape index (κ3) is 2.97. The topological polar surface area (TPSA) is 129 Å². The maximum absolute atomic E-state index is 12.5. The van der Waals surface area contributed by atoms with E-state index in [9.17, 15) is 19.5 Å². The summed E-state index contributed by atoms with van der Waals surface area (Å²) in [4.78, 5) is 39.5. The lowest BCUT2D eigenvalue weighted by molar-refractivity contribution is -0.168. The van der Waals surface area contributed by atoms with Gasteiger partial charge >= 0.3 is 0 Å². The normalized spacial score (nSPS) is 25.0. The van der Waals surface area contributed by atoms with Gasteiger partial charge in [-0.2, -0.15) is 0 Å². The SMILES string of the molecule is CC(=O)N1CCCC12CN(CC(=O)NC(c1nnco1)[C@@H](C)O)C2=O. The van der Waals surface area contributed by atoms with Gasteiger partial charge in [-0.05, 0) is 19.8 Å². The molecule has 0 aliphatic carbocycles. The van der Waals surface area contributed by atoms with Crippen LogP contribution in [0.5, 0.6) is 0 Å². The Labute approximate surface area is 144 Å². The van der Waals surface area contributed by atoms with Crippen molar-refractivity contribution in [2.45, 2.75) is 44.4 Å². The van der Waals surface area contributed by atoms with Crippen molar-refractivity contribution < 1.29 is 23.9 Å². The van der Waals surface area contributed by atoms with Crippen molar-refractivity contribution in [3.05, 3.63) is 12.3 Å². The van der Waals surface area contributed by atoms with Crippen molar-refractivity contribution in [2.24, 2.45) is 0 Å². The van der Waals surface area contributed by atoms with E-state index in [1.54, 1.807) is 4.90 Å². The van der Waals surface area contributed by atoms with Gasteiger partial charge in [0.2, 0.25) is 24.1 Å². The lowest BCUT2D eigenvalue weighted by Crippen LogP contribution is -2.73. The molecule has 0 saturated carbocycles. The van der Waals surface area contributed by atoms with Crippen LogP contribution in [0.25, 0.3) is 0 Å². The molecule has 2 saturated heterocycles. The Hall–Kier alpha value is -2.49. The summed E-state index contributed by atoms with van der Waals surface area (Å²) in [6.45, 7) is 3.71. The summed E-state index contributed by atoms with van der Waals surface area (Å²) >= 11 is 0. The number of aliphatic hydroxyl groups is 1. The molecular weight excluding hydrogens is 330 g/mol. The second-order valence-corrected chi connectivity index (χ2v) is 6.53. The van der Waals surface area contributed by atoms with Crippen LogP contribution < -0.4 is 5.32 Å². The second-order valence-electron chi connectivity index (χ2n) is 6.53. The summed E-state index contributed by atoms with van der Waals surface area (Å²) in [5.74, 6) is -0.685. The molecule has 3 amide bonds. The molecular formula is C15H21N5O5. The fourth-order valence-corrected chi connectivity index (χ4v) is 3.61. The van der Waals surface area contributed by atoms with Gasteiger partial charge in [0.15, 0.2) is 0 Å². The van der Waals surface area contributed by atoms with Gasteiger partial charge in [-0.1, -0.05) is 0 Å². The first-order valence-electron chi connectivity index (χ1n) is 8.16. The van der Waals surface area contributed by atoms with E-state index in [0.717, 1.165) is 12.8 Å². The zero-order valence-electron chi connectivity index (χ0n) is 14.1. The molecule has 3 atom stereocenters. The number of carbonyl (C=O) groups excluding carboxylic acids is 3. The Morgan fingerprint density at radius 3 is 2.84 bits per heavy atom. The number of hydrogen-bond donors (Lipinski definition) is 2. The highest BCUT2D eigenvalue weighted by atomic mass is 16.4. The second kappa shape index (κ2) is 6.43. The van der Waals surface area contributed by atoms with E-state index >= 15 is 0 Å². The summed E-state index contributed by atoms with van der Waals surface area (Å²) in [6.07, 6.45) is 1.58. The molecule has 1 aromatic heterocycles. The molecule has 10 heteroatoms. The van der Waals surface area contributed by atoms with E-state index in [2.05, 4.69) is 15.5 Å². The summed E-state index contributed by atoms with van der Waals surface area (Å²) < 4.78 is 5.02. The van der Waals surface area contributed by atoms with Gasteiger partial charge in [-0.25, -0.2) is 0 Å². The first kappa shape index (κ1) is 17.3. The highest BCUT2D eigenvalue weighted by Crippen LogP contribution is 2.38. The van der Waals surface area contributed by atoms with Crippen molar-refractivity contribution in [3.8, 4) is 0 Å². The summed E-state index contributed by atoms with van der Waals surface area (Å²) in [7, 11) is 0. The number of hydrogen-bond acceptors (Lipinski definition) is 7. The maximum Gasteiger partial charge on any atom is 0.250 e. The number of aliphatic hydroxyl groups excluding tert-OH is 1. The standard InChI is InChI=1S/C15H21N5O5/c1-9(21)12(13-18-16-8-25-13)17-11(23)6-19-7-15(14(19)24)4-3-5-20(15)10(2)22/h8-9,12,21H,3-7H2,1-2H3,(H,17,23)/t9-,12?,15?/m1/s1. The van der Waals surface area contributed by atoms with Crippen molar-refractivity contribution in [3.63, 3.8) is 0 Å². The number of carbonyl (C=O) groups is 3. The first-order valence-corrected chi connectivity index (χ1v) is 8.16. The van der Waals surface area contributed by atoms with Crippen molar-refractivity contribution in [2.75, 3.05) is 19.6 Å². The minimum Gasteiger partial charge on any atom is -0.426 e. The van der Waals surface area contributed by atoms with Gasteiger partial charge in [0.1, 0.15) is 11.6 Å². The summed E-state index contributed by atoms with van der Waals surface area (Å²) in [5, 5.41) is 19.6. The Kier molecular flexibility index (Phi) is 4.46. The van der Waals surface area contributed by atoms with E-state index in [0.29, 0.717) is 19.5 Å². The molecule has 2 aliphatic rings. The zero-order chi connectivity index (χ0) is 18.2. The van der Waals surface area contributed by atoms with Crippen LogP contribution in [0.1, 0.15) is 38.6 Å². The third-order valence-electron chi connectivity index (χ3n) is 4.78. The number of β-lactam (4-membered cyclic amide) rings is 1. The van der Waals surface area contributed by atoms with Crippen LogP contribution in [0, 0.1) is 0 Å². The molecule has 10 nitrogen and oxygen atoms in total. The Bertz CT molecular complexity index is 676. The largest absolute Gasteiger partial charge is 0.426 e. The quantitative estimate of drug-likeness (QED) is 0.640. The van der Waals surface area contributed by atoms with Crippen molar-refractivity contribution in [1.29, 1.82) is 0 Å². The van der Waals surface area contributed by atoms with Crippen LogP contribution in [-0.2, 0) is 14.4 Å². The lowest BCUT2D eigenvalue weighted by Gasteiger charge is -2.50. The van der Waals surface area contributed by atoms with Crippen LogP contribution in [0.2, 0.25) is 0 Å². The molecule has 2 fully saturated rings. The zero-order valence-corrected chi connectivity index (χ0v) is 14.1. The Morgan fingerprint density at radius 2 is 2.28 bits per heavy atom. The molecule has 136 valence electrons. The van der Waals surface area contributed by atoms with Gasteiger partial charge < -0.3 is 24.6 Å². The Balaban J connectivity index is 1.60. The predicted molar refractivity (Wildman–Crippen MR) is 82.8 cm³/mol. The highest BCUT2D eigenvalue weighted by molar-refractivity contribution is 5.99. The van der Waals surface area contributed by atoms with Crippen LogP contribution in [-0.4, -0.2) is 74.1 Å². The van der Waals surface area contributed by atoms with E-state index in [-0.39, 0.29) is 24.2 Å². The van der Waals surface area contributed by atoms with Gasteiger partial charge in [0.25, 0.3) is 5.91 Å². The number of rotatable bonds is 5. The van der Waals surface area contributed by atoms with E-state index in [1.165, 1.54) is 18.7 Å². The third-order valence-corrected chi connectivity index (χ3v) is 4.78. The number of nitrogens with one attached hydrogen (secondary N) is 1. The van der Waals surface area contributed by atoms with E-state index < -0.39 is 23.6 Å². The van der Waals surface area contributed by atoms with E-state index in [1.807, 2.05) is 0 Å². The molecule has 1 aromatic rings. The van der Waals surface area contributed by atoms with Crippen molar-refractivity contribution in [1.82, 2.24) is 25.3 Å². The van der Waals surface area contributed by atoms with E-state index in [4.69, 9.17) is 4.42 Å². The number of nitrogens with zero attached hydrogens (tertiary/aromatic N) is 4. The molecule has 2 aliphatic heterocycles. The smallest absolute Gasteiger partial charge is 0.250 e. The molecule has 2 unspecified atom stereocenters. The molecule has 3 heterocycles. The predicted octanol–water partition coefficient (Wildman–Crippen LogP) is -1.17. The average molecular weight is 351 g/mol. The molecule has 25 heavy (non-hydrogen) atoms. The van der Waals surface area contributed by atoms with Crippen LogP contribution in [0.4, 0.5) is 0 Å². The van der Waals surface area contributed by atoms with Crippen LogP contribution in [0.15, 0.2) is 10.8 Å². The summed E-state index contributed by atoms with van der Waals surface area (Å²) in [5.41, 5.74) is -0.776. The fourth-order valence-electron chi connectivity index (χ4n) is 3.61. The number of likely N-dealkylation sites (tertiary alicyclic amines) is 2. The first-order chi connectivity index (χ1) is 11.8. The molecule has 2 N–H and O–H groups in total. The summed E-state index contributed by atoms with van der Waals surface area (Å²) in [6, 6.07) is -0.847. The maximum atomic E-state index is 12.5. The number of amides is 3. The molecule has 0 radical (unpaired) electrons. The Morgan fingerprint density at radius 1 is 1.52 bits per heavy atom. The molecule has 0 bridgehead atoms. The molecule has 0 aromatic carbocycles. The van der Waals surface area contributed by atoms with Crippen LogP contribution >= 0.6 is 0 Å². The van der Waals surface area contributed by atoms with Gasteiger partial charge in [-0.3, -0.25) is 14.4 Å². The minimum atomic E-state index is -0.939. The lowest BCUT2D eigenvalue weighted by atomic mass is 9.85. The fraction of sp³-hybridized carbons (Fsp3) is 0.667.